The van der Waals surface area contributed by atoms with Crippen molar-refractivity contribution in [3.8, 4) is 0 Å². The van der Waals surface area contributed by atoms with Crippen molar-refractivity contribution in [2.75, 3.05) is 20.1 Å². The van der Waals surface area contributed by atoms with Gasteiger partial charge in [-0.1, -0.05) is 36.8 Å². The van der Waals surface area contributed by atoms with E-state index in [1.54, 1.807) is 11.9 Å². The van der Waals surface area contributed by atoms with E-state index in [0.29, 0.717) is 6.04 Å². The number of nitrogens with zero attached hydrogens (tertiary/aromatic N) is 1. The molecule has 23 heavy (non-hydrogen) atoms. The quantitative estimate of drug-likeness (QED) is 0.768. The predicted molar refractivity (Wildman–Crippen MR) is 91.0 cm³/mol. The monoisotopic (exact) mass is 317 g/mol. The van der Waals surface area contributed by atoms with Crippen LogP contribution < -0.4 is 10.6 Å². The minimum Gasteiger partial charge on any atom is -0.352 e. The van der Waals surface area contributed by atoms with Gasteiger partial charge in [0, 0.05) is 6.04 Å². The average Bonchev–Trinajstić information content (AvgIpc) is 3.29. The predicted octanol–water partition coefficient (Wildman–Crippen LogP) is 1.77. The largest absolute Gasteiger partial charge is 0.352 e. The number of carbonyl (C=O) groups excluding carboxylic acids is 2. The molecule has 1 atom stereocenters. The Hall–Kier alpha value is -1.88. The highest BCUT2D eigenvalue weighted by molar-refractivity contribution is 5.81. The molecule has 0 radical (unpaired) electrons. The van der Waals surface area contributed by atoms with Crippen molar-refractivity contribution in [2.24, 2.45) is 0 Å². The lowest BCUT2D eigenvalue weighted by Gasteiger charge is -2.21. The number of amides is 2. The fourth-order valence-corrected chi connectivity index (χ4v) is 2.51. The van der Waals surface area contributed by atoms with Gasteiger partial charge in [0.25, 0.3) is 0 Å². The molecule has 2 N–H and O–H groups in total. The highest BCUT2D eigenvalue weighted by atomic mass is 16.2. The van der Waals surface area contributed by atoms with Crippen LogP contribution in [0.25, 0.3) is 0 Å². The van der Waals surface area contributed by atoms with Gasteiger partial charge in [-0.15, -0.1) is 0 Å². The fraction of sp³-hybridized carbons (Fsp3) is 0.556. The van der Waals surface area contributed by atoms with Crippen LogP contribution in [0.4, 0.5) is 0 Å². The standard InChI is InChI=1S/C18H27N3O2/c1-4-16(14-7-5-13(2)6-8-14)20-18(23)12-21(3)11-17(22)19-15-9-10-15/h5-8,15-16H,4,9-12H2,1-3H3,(H,19,22)(H,20,23)/t16-/m1/s1. The molecule has 0 unspecified atom stereocenters. The van der Waals surface area contributed by atoms with E-state index in [-0.39, 0.29) is 30.9 Å². The van der Waals surface area contributed by atoms with Crippen molar-refractivity contribution in [3.05, 3.63) is 35.4 Å². The summed E-state index contributed by atoms with van der Waals surface area (Å²) in [7, 11) is 1.79. The van der Waals surface area contributed by atoms with Crippen molar-refractivity contribution >= 4 is 11.8 Å². The van der Waals surface area contributed by atoms with E-state index in [1.807, 2.05) is 6.92 Å². The number of hydrogen-bond donors (Lipinski definition) is 2. The molecule has 5 nitrogen and oxygen atoms in total. The van der Waals surface area contributed by atoms with Crippen LogP contribution in [-0.2, 0) is 9.59 Å². The molecule has 1 fully saturated rings. The minimum absolute atomic E-state index is 0.00613. The molecule has 1 aliphatic rings. The Morgan fingerprint density at radius 3 is 2.35 bits per heavy atom. The van der Waals surface area contributed by atoms with Gasteiger partial charge in [-0.3, -0.25) is 14.5 Å². The molecule has 0 aromatic heterocycles. The summed E-state index contributed by atoms with van der Waals surface area (Å²) in [6.07, 6.45) is 2.98. The van der Waals surface area contributed by atoms with Crippen molar-refractivity contribution in [3.63, 3.8) is 0 Å². The second-order valence-corrected chi connectivity index (χ2v) is 6.45. The van der Waals surface area contributed by atoms with Crippen molar-refractivity contribution < 1.29 is 9.59 Å². The topological polar surface area (TPSA) is 61.4 Å². The maximum absolute atomic E-state index is 12.2. The van der Waals surface area contributed by atoms with Crippen LogP contribution in [0.15, 0.2) is 24.3 Å². The first-order valence-corrected chi connectivity index (χ1v) is 8.31. The lowest BCUT2D eigenvalue weighted by Crippen LogP contribution is -2.42. The number of rotatable bonds is 8. The molecule has 0 saturated heterocycles. The molecule has 1 saturated carbocycles. The van der Waals surface area contributed by atoms with Gasteiger partial charge in [-0.25, -0.2) is 0 Å². The number of benzene rings is 1. The Morgan fingerprint density at radius 2 is 1.78 bits per heavy atom. The van der Waals surface area contributed by atoms with E-state index in [0.717, 1.165) is 24.8 Å². The SMILES string of the molecule is CC[C@@H](NC(=O)CN(C)CC(=O)NC1CC1)c1ccc(C)cc1. The molecule has 0 heterocycles. The highest BCUT2D eigenvalue weighted by Crippen LogP contribution is 2.18. The summed E-state index contributed by atoms with van der Waals surface area (Å²) >= 11 is 0. The van der Waals surface area contributed by atoms with Gasteiger partial charge in [0.05, 0.1) is 19.1 Å². The number of likely N-dealkylation sites (N-methyl/N-ethyl adjacent to an activating group) is 1. The lowest BCUT2D eigenvalue weighted by atomic mass is 10.0. The Balaban J connectivity index is 1.79. The molecule has 1 aromatic rings. The molecule has 5 heteroatoms. The van der Waals surface area contributed by atoms with Gasteiger partial charge in [0.1, 0.15) is 0 Å². The summed E-state index contributed by atoms with van der Waals surface area (Å²) in [6.45, 7) is 4.58. The number of hydrogen-bond acceptors (Lipinski definition) is 3. The van der Waals surface area contributed by atoms with E-state index in [4.69, 9.17) is 0 Å². The molecular formula is C18H27N3O2. The third-order valence-corrected chi connectivity index (χ3v) is 3.99. The van der Waals surface area contributed by atoms with Crippen LogP contribution in [-0.4, -0.2) is 42.9 Å². The summed E-state index contributed by atoms with van der Waals surface area (Å²) in [5.41, 5.74) is 2.32. The maximum Gasteiger partial charge on any atom is 0.234 e. The van der Waals surface area contributed by atoms with E-state index >= 15 is 0 Å². The Morgan fingerprint density at radius 1 is 1.17 bits per heavy atom. The second kappa shape index (κ2) is 8.11. The van der Waals surface area contributed by atoms with Crippen LogP contribution in [0.2, 0.25) is 0 Å². The Labute approximate surface area is 138 Å². The zero-order valence-corrected chi connectivity index (χ0v) is 14.3. The zero-order valence-electron chi connectivity index (χ0n) is 14.3. The van der Waals surface area contributed by atoms with Crippen LogP contribution in [0, 0.1) is 6.92 Å². The molecule has 2 rings (SSSR count). The van der Waals surface area contributed by atoms with Crippen LogP contribution in [0.1, 0.15) is 43.4 Å². The fourth-order valence-electron chi connectivity index (χ4n) is 2.51. The van der Waals surface area contributed by atoms with E-state index in [2.05, 4.69) is 41.8 Å². The van der Waals surface area contributed by atoms with Crippen LogP contribution >= 0.6 is 0 Å². The van der Waals surface area contributed by atoms with Gasteiger partial charge >= 0.3 is 0 Å². The van der Waals surface area contributed by atoms with Gasteiger partial charge in [-0.05, 0) is 38.8 Å². The van der Waals surface area contributed by atoms with Crippen molar-refractivity contribution in [1.29, 1.82) is 0 Å². The number of nitrogens with one attached hydrogen (secondary N) is 2. The molecule has 2 amide bonds. The maximum atomic E-state index is 12.2. The molecule has 0 bridgehead atoms. The molecule has 1 aromatic carbocycles. The van der Waals surface area contributed by atoms with Gasteiger partial charge in [0.15, 0.2) is 0 Å². The molecule has 0 aliphatic heterocycles. The second-order valence-electron chi connectivity index (χ2n) is 6.45. The average molecular weight is 317 g/mol. The minimum atomic E-state index is -0.0563. The number of carbonyl (C=O) groups is 2. The smallest absolute Gasteiger partial charge is 0.234 e. The van der Waals surface area contributed by atoms with Gasteiger partial charge in [0.2, 0.25) is 11.8 Å². The van der Waals surface area contributed by atoms with E-state index in [1.165, 1.54) is 5.56 Å². The van der Waals surface area contributed by atoms with Gasteiger partial charge < -0.3 is 10.6 Å². The summed E-state index contributed by atoms with van der Waals surface area (Å²) in [5, 5.41) is 5.98. The van der Waals surface area contributed by atoms with Crippen molar-refractivity contribution in [2.45, 2.75) is 45.2 Å². The molecule has 1 aliphatic carbocycles. The third kappa shape index (κ3) is 6.02. The Kier molecular flexibility index (Phi) is 6.16. The van der Waals surface area contributed by atoms with E-state index < -0.39 is 0 Å². The summed E-state index contributed by atoms with van der Waals surface area (Å²) in [6, 6.07) is 8.58. The first kappa shape index (κ1) is 17.5. The molecule has 126 valence electrons. The summed E-state index contributed by atoms with van der Waals surface area (Å²) < 4.78 is 0. The number of aryl methyl sites for hydroxylation is 1. The molecule has 0 spiro atoms. The third-order valence-electron chi connectivity index (χ3n) is 3.99. The summed E-state index contributed by atoms with van der Waals surface area (Å²) in [5.74, 6) is -0.0625. The van der Waals surface area contributed by atoms with Gasteiger partial charge in [-0.2, -0.15) is 0 Å². The normalized spacial score (nSPS) is 15.3. The van der Waals surface area contributed by atoms with E-state index in [9.17, 15) is 9.59 Å². The zero-order chi connectivity index (χ0) is 16.8. The van der Waals surface area contributed by atoms with Crippen LogP contribution in [0.5, 0.6) is 0 Å². The summed E-state index contributed by atoms with van der Waals surface area (Å²) in [4.78, 5) is 25.7. The first-order valence-electron chi connectivity index (χ1n) is 8.31. The first-order chi connectivity index (χ1) is 11.0. The highest BCUT2D eigenvalue weighted by Gasteiger charge is 2.24. The Bertz CT molecular complexity index is 538. The van der Waals surface area contributed by atoms with Crippen LogP contribution in [0.3, 0.4) is 0 Å². The molecular weight excluding hydrogens is 290 g/mol. The van der Waals surface area contributed by atoms with Crippen molar-refractivity contribution in [1.82, 2.24) is 15.5 Å². The lowest BCUT2D eigenvalue weighted by molar-refractivity contribution is -0.125.